The molecule has 2 aliphatic rings. The number of rotatable bonds is 3. The molecular weight excluding hydrogens is 357 g/mol. The van der Waals surface area contributed by atoms with Crippen molar-refractivity contribution in [3.8, 4) is 0 Å². The number of nitrogens with zero attached hydrogens (tertiary/aromatic N) is 3. The molecule has 2 atom stereocenters. The van der Waals surface area contributed by atoms with E-state index in [9.17, 15) is 4.79 Å². The lowest BCUT2D eigenvalue weighted by Gasteiger charge is -2.33. The predicted molar refractivity (Wildman–Crippen MR) is 104 cm³/mol. The molecule has 0 spiro atoms. The highest BCUT2D eigenvalue weighted by Gasteiger charge is 2.45. The van der Waals surface area contributed by atoms with Gasteiger partial charge in [-0.3, -0.25) is 14.7 Å². The van der Waals surface area contributed by atoms with Crippen LogP contribution in [0.1, 0.15) is 52.0 Å². The predicted octanol–water partition coefficient (Wildman–Crippen LogP) is 4.87. The minimum absolute atomic E-state index is 0.0708. The summed E-state index contributed by atoms with van der Waals surface area (Å²) in [6, 6.07) is 3.87. The zero-order valence-electron chi connectivity index (χ0n) is 15.0. The van der Waals surface area contributed by atoms with Gasteiger partial charge >= 0.3 is 0 Å². The molecule has 2 aliphatic heterocycles. The second-order valence-corrected chi connectivity index (χ2v) is 8.79. The third kappa shape index (κ3) is 3.22. The zero-order valence-corrected chi connectivity index (χ0v) is 16.5. The molecule has 3 heterocycles. The highest BCUT2D eigenvalue weighted by Crippen LogP contribution is 2.44. The summed E-state index contributed by atoms with van der Waals surface area (Å²) in [6.45, 7) is 8.12. The van der Waals surface area contributed by atoms with Gasteiger partial charge < -0.3 is 0 Å². The molecule has 0 saturated heterocycles. The summed E-state index contributed by atoms with van der Waals surface area (Å²) in [5.74, 6) is 0.957. The molecule has 2 unspecified atom stereocenters. The molecule has 0 fully saturated rings. The van der Waals surface area contributed by atoms with Gasteiger partial charge in [-0.1, -0.05) is 24.6 Å². The maximum Gasteiger partial charge on any atom is 0.236 e. The standard InChI is InChI=1S/C19H23Cl2N3O/c1-18(2,3)24-16-13(6-5-7-22-16)14(17(24)25)8-15-19(4,11-20)9-12(21)10-23-15/h5-7,10,14H,8-9,11H2,1-4H3. The summed E-state index contributed by atoms with van der Waals surface area (Å²) >= 11 is 12.4. The number of aliphatic imine (C=N–C) groups is 1. The van der Waals surface area contributed by atoms with Gasteiger partial charge in [0.2, 0.25) is 5.91 Å². The van der Waals surface area contributed by atoms with Crippen LogP contribution >= 0.6 is 23.2 Å². The Kier molecular flexibility index (Phi) is 4.71. The van der Waals surface area contributed by atoms with E-state index in [-0.39, 0.29) is 22.8 Å². The van der Waals surface area contributed by atoms with Gasteiger partial charge in [0.15, 0.2) is 0 Å². The molecule has 134 valence electrons. The van der Waals surface area contributed by atoms with Crippen LogP contribution < -0.4 is 4.90 Å². The molecule has 1 amide bonds. The van der Waals surface area contributed by atoms with Gasteiger partial charge in [-0.05, 0) is 33.3 Å². The molecule has 4 nitrogen and oxygen atoms in total. The fourth-order valence-corrected chi connectivity index (χ4v) is 4.14. The van der Waals surface area contributed by atoms with Gasteiger partial charge in [0.1, 0.15) is 5.82 Å². The molecule has 1 aromatic rings. The Hall–Kier alpha value is -1.39. The van der Waals surface area contributed by atoms with E-state index in [0.29, 0.717) is 23.8 Å². The number of halogens is 2. The monoisotopic (exact) mass is 379 g/mol. The van der Waals surface area contributed by atoms with Crippen LogP contribution in [-0.2, 0) is 4.79 Å². The Balaban J connectivity index is 2.00. The Morgan fingerprint density at radius 1 is 1.40 bits per heavy atom. The number of carbonyl (C=O) groups is 1. The summed E-state index contributed by atoms with van der Waals surface area (Å²) in [6.07, 6.45) is 4.60. The summed E-state index contributed by atoms with van der Waals surface area (Å²) in [4.78, 5) is 24.0. The van der Waals surface area contributed by atoms with E-state index in [1.54, 1.807) is 17.3 Å². The Morgan fingerprint density at radius 2 is 2.12 bits per heavy atom. The lowest BCUT2D eigenvalue weighted by Crippen LogP contribution is -2.45. The number of alkyl halides is 1. The van der Waals surface area contributed by atoms with E-state index in [1.807, 2.05) is 32.9 Å². The first kappa shape index (κ1) is 18.4. The number of hydrogen-bond donors (Lipinski definition) is 0. The Bertz CT molecular complexity index is 766. The van der Waals surface area contributed by atoms with Crippen molar-refractivity contribution in [3.05, 3.63) is 35.1 Å². The second-order valence-electron chi connectivity index (χ2n) is 8.04. The van der Waals surface area contributed by atoms with Crippen LogP contribution in [0.25, 0.3) is 0 Å². The first-order chi connectivity index (χ1) is 11.7. The number of pyridine rings is 1. The largest absolute Gasteiger partial charge is 0.291 e. The smallest absolute Gasteiger partial charge is 0.236 e. The summed E-state index contributed by atoms with van der Waals surface area (Å²) in [5.41, 5.74) is 1.23. The van der Waals surface area contributed by atoms with Gasteiger partial charge in [0.05, 0.1) is 5.92 Å². The number of hydrogen-bond acceptors (Lipinski definition) is 3. The zero-order chi connectivity index (χ0) is 18.4. The highest BCUT2D eigenvalue weighted by atomic mass is 35.5. The van der Waals surface area contributed by atoms with Gasteiger partial charge in [0, 0.05) is 52.0 Å². The molecule has 25 heavy (non-hydrogen) atoms. The molecular formula is C19H23Cl2N3O. The quantitative estimate of drug-likeness (QED) is 0.703. The van der Waals surface area contributed by atoms with Crippen LogP contribution in [0.3, 0.4) is 0 Å². The van der Waals surface area contributed by atoms with Gasteiger partial charge in [-0.2, -0.15) is 0 Å². The van der Waals surface area contributed by atoms with E-state index in [0.717, 1.165) is 17.1 Å². The number of allylic oxidation sites excluding steroid dienone is 1. The van der Waals surface area contributed by atoms with Crippen molar-refractivity contribution in [1.29, 1.82) is 0 Å². The average Bonchev–Trinajstić information content (AvgIpc) is 2.82. The van der Waals surface area contributed by atoms with E-state index in [4.69, 9.17) is 23.2 Å². The molecule has 0 aromatic carbocycles. The molecule has 0 N–H and O–H groups in total. The highest BCUT2D eigenvalue weighted by molar-refractivity contribution is 6.30. The molecule has 3 rings (SSSR count). The Morgan fingerprint density at radius 3 is 2.76 bits per heavy atom. The van der Waals surface area contributed by atoms with Crippen LogP contribution in [0.4, 0.5) is 5.82 Å². The van der Waals surface area contributed by atoms with E-state index < -0.39 is 0 Å². The van der Waals surface area contributed by atoms with Crippen molar-refractivity contribution >= 4 is 40.6 Å². The average molecular weight is 380 g/mol. The summed E-state index contributed by atoms with van der Waals surface area (Å²) in [7, 11) is 0. The number of anilines is 1. The van der Waals surface area contributed by atoms with Crippen LogP contribution in [0, 0.1) is 5.41 Å². The summed E-state index contributed by atoms with van der Waals surface area (Å²) in [5, 5.41) is 0.697. The van der Waals surface area contributed by atoms with Crippen LogP contribution in [0.5, 0.6) is 0 Å². The molecule has 1 aromatic heterocycles. The summed E-state index contributed by atoms with van der Waals surface area (Å²) < 4.78 is 0. The van der Waals surface area contributed by atoms with Crippen molar-refractivity contribution in [2.24, 2.45) is 10.4 Å². The normalized spacial score (nSPS) is 26.4. The molecule has 0 bridgehead atoms. The fourth-order valence-electron chi connectivity index (χ4n) is 3.55. The van der Waals surface area contributed by atoms with E-state index >= 15 is 0 Å². The third-order valence-corrected chi connectivity index (χ3v) is 5.72. The third-order valence-electron chi connectivity index (χ3n) is 4.90. The van der Waals surface area contributed by atoms with Crippen molar-refractivity contribution < 1.29 is 4.79 Å². The first-order valence-corrected chi connectivity index (χ1v) is 9.35. The topological polar surface area (TPSA) is 45.6 Å². The van der Waals surface area contributed by atoms with Crippen LogP contribution in [0.2, 0.25) is 0 Å². The number of carbonyl (C=O) groups excluding carboxylic acids is 1. The molecule has 0 saturated carbocycles. The van der Waals surface area contributed by atoms with Crippen LogP contribution in [0.15, 0.2) is 34.6 Å². The van der Waals surface area contributed by atoms with E-state index in [2.05, 4.69) is 16.9 Å². The van der Waals surface area contributed by atoms with Crippen molar-refractivity contribution in [3.63, 3.8) is 0 Å². The first-order valence-electron chi connectivity index (χ1n) is 8.44. The van der Waals surface area contributed by atoms with Gasteiger partial charge in [0.25, 0.3) is 0 Å². The molecule has 6 heteroatoms. The van der Waals surface area contributed by atoms with Crippen LogP contribution in [-0.4, -0.2) is 28.0 Å². The van der Waals surface area contributed by atoms with E-state index in [1.165, 1.54) is 0 Å². The fraction of sp³-hybridized carbons (Fsp3) is 0.526. The molecule has 0 radical (unpaired) electrons. The van der Waals surface area contributed by atoms with Gasteiger partial charge in [-0.25, -0.2) is 4.98 Å². The van der Waals surface area contributed by atoms with Crippen molar-refractivity contribution in [1.82, 2.24) is 4.98 Å². The van der Waals surface area contributed by atoms with Gasteiger partial charge in [-0.15, -0.1) is 11.6 Å². The maximum atomic E-state index is 13.2. The number of amides is 1. The number of aromatic nitrogens is 1. The lowest BCUT2D eigenvalue weighted by atomic mass is 9.77. The minimum atomic E-state index is -0.331. The molecule has 0 aliphatic carbocycles. The number of fused-ring (bicyclic) bond motifs is 1. The minimum Gasteiger partial charge on any atom is -0.291 e. The Labute approximate surface area is 158 Å². The maximum absolute atomic E-state index is 13.2. The van der Waals surface area contributed by atoms with Crippen molar-refractivity contribution in [2.45, 2.75) is 52.0 Å². The second kappa shape index (κ2) is 6.40. The van der Waals surface area contributed by atoms with Crippen molar-refractivity contribution in [2.75, 3.05) is 10.8 Å². The lowest BCUT2D eigenvalue weighted by molar-refractivity contribution is -0.120. The SMILES string of the molecule is CC1(CCl)CC(Cl)=CN=C1CC1C(=O)N(C(C)(C)C)c2ncccc21.